The van der Waals surface area contributed by atoms with E-state index in [0.717, 1.165) is 13.1 Å². The van der Waals surface area contributed by atoms with Crippen LogP contribution in [0.3, 0.4) is 0 Å². The van der Waals surface area contributed by atoms with Crippen molar-refractivity contribution in [3.8, 4) is 0 Å². The summed E-state index contributed by atoms with van der Waals surface area (Å²) in [5, 5.41) is 8.67. The molecule has 2 aliphatic heterocycles. The fourth-order valence-electron chi connectivity index (χ4n) is 2.61. The SMILES string of the molecule is CC1CN(C(=O)N2CCN(CCC(=O)O)CC2)CCO1. The van der Waals surface area contributed by atoms with Crippen LogP contribution in [0.2, 0.25) is 0 Å². The normalized spacial score (nSPS) is 24.8. The average Bonchev–Trinajstić information content (AvgIpc) is 2.45. The predicted octanol–water partition coefficient (Wildman–Crippen LogP) is -0.0806. The van der Waals surface area contributed by atoms with Gasteiger partial charge in [0.2, 0.25) is 0 Å². The van der Waals surface area contributed by atoms with Crippen molar-refractivity contribution in [1.82, 2.24) is 14.7 Å². The summed E-state index contributed by atoms with van der Waals surface area (Å²) in [6.07, 6.45) is 0.263. The topological polar surface area (TPSA) is 73.3 Å². The number of hydrogen-bond donors (Lipinski definition) is 1. The van der Waals surface area contributed by atoms with E-state index in [0.29, 0.717) is 39.3 Å². The minimum absolute atomic E-state index is 0.0815. The van der Waals surface area contributed by atoms with Crippen molar-refractivity contribution < 1.29 is 19.4 Å². The molecule has 114 valence electrons. The maximum absolute atomic E-state index is 12.4. The summed E-state index contributed by atoms with van der Waals surface area (Å²) in [4.78, 5) is 28.7. The van der Waals surface area contributed by atoms with Gasteiger partial charge in [-0.05, 0) is 6.92 Å². The van der Waals surface area contributed by atoms with Crippen LogP contribution in [-0.2, 0) is 9.53 Å². The summed E-state index contributed by atoms with van der Waals surface area (Å²) in [6.45, 7) is 7.29. The minimum Gasteiger partial charge on any atom is -0.481 e. The molecular formula is C13H23N3O4. The van der Waals surface area contributed by atoms with Gasteiger partial charge < -0.3 is 19.6 Å². The summed E-state index contributed by atoms with van der Waals surface area (Å²) in [5.41, 5.74) is 0. The Bertz CT molecular complexity index is 356. The molecule has 7 nitrogen and oxygen atoms in total. The van der Waals surface area contributed by atoms with Crippen LogP contribution in [0, 0.1) is 0 Å². The quantitative estimate of drug-likeness (QED) is 0.785. The van der Waals surface area contributed by atoms with Crippen LogP contribution >= 0.6 is 0 Å². The molecule has 1 atom stereocenters. The number of hydrogen-bond acceptors (Lipinski definition) is 4. The van der Waals surface area contributed by atoms with Crippen molar-refractivity contribution >= 4 is 12.0 Å². The Hall–Kier alpha value is -1.34. The highest BCUT2D eigenvalue weighted by Crippen LogP contribution is 2.10. The Morgan fingerprint density at radius 2 is 1.85 bits per heavy atom. The minimum atomic E-state index is -0.772. The molecule has 0 bridgehead atoms. The number of piperazine rings is 1. The molecule has 2 aliphatic rings. The van der Waals surface area contributed by atoms with Crippen molar-refractivity contribution in [2.45, 2.75) is 19.4 Å². The Morgan fingerprint density at radius 1 is 1.15 bits per heavy atom. The maximum atomic E-state index is 12.4. The number of morpholine rings is 1. The molecule has 0 aromatic rings. The fourth-order valence-corrected chi connectivity index (χ4v) is 2.61. The average molecular weight is 285 g/mol. The van der Waals surface area contributed by atoms with Gasteiger partial charge in [0, 0.05) is 45.8 Å². The zero-order valence-corrected chi connectivity index (χ0v) is 12.0. The molecule has 2 heterocycles. The number of carbonyl (C=O) groups is 2. The molecule has 0 spiro atoms. The van der Waals surface area contributed by atoms with Crippen molar-refractivity contribution in [3.05, 3.63) is 0 Å². The summed E-state index contributed by atoms with van der Waals surface area (Å²) in [7, 11) is 0. The van der Waals surface area contributed by atoms with Gasteiger partial charge in [-0.25, -0.2) is 4.79 Å². The number of aliphatic carboxylic acids is 1. The van der Waals surface area contributed by atoms with Crippen LogP contribution in [0.1, 0.15) is 13.3 Å². The van der Waals surface area contributed by atoms with Crippen LogP contribution in [-0.4, -0.2) is 90.3 Å². The monoisotopic (exact) mass is 285 g/mol. The van der Waals surface area contributed by atoms with Gasteiger partial charge >= 0.3 is 12.0 Å². The predicted molar refractivity (Wildman–Crippen MR) is 72.6 cm³/mol. The van der Waals surface area contributed by atoms with E-state index in [1.807, 2.05) is 16.7 Å². The lowest BCUT2D eigenvalue weighted by Gasteiger charge is -2.39. The molecule has 0 aliphatic carbocycles. The molecule has 20 heavy (non-hydrogen) atoms. The molecule has 1 unspecified atom stereocenters. The molecule has 2 amide bonds. The summed E-state index contributed by atoms with van der Waals surface area (Å²) in [5.74, 6) is -0.772. The number of nitrogens with zero attached hydrogens (tertiary/aromatic N) is 3. The van der Waals surface area contributed by atoms with E-state index in [4.69, 9.17) is 9.84 Å². The summed E-state index contributed by atoms with van der Waals surface area (Å²) >= 11 is 0. The van der Waals surface area contributed by atoms with Gasteiger partial charge in [-0.2, -0.15) is 0 Å². The molecule has 2 fully saturated rings. The lowest BCUT2D eigenvalue weighted by molar-refractivity contribution is -0.137. The van der Waals surface area contributed by atoms with E-state index in [9.17, 15) is 9.59 Å². The Labute approximate surface area is 119 Å². The maximum Gasteiger partial charge on any atom is 0.320 e. The van der Waals surface area contributed by atoms with E-state index < -0.39 is 5.97 Å². The standard InChI is InChI=1S/C13H23N3O4/c1-11-10-16(8-9-20-11)13(19)15-6-4-14(5-7-15)3-2-12(17)18/h11H,2-10H2,1H3,(H,17,18). The number of rotatable bonds is 3. The fraction of sp³-hybridized carbons (Fsp3) is 0.846. The van der Waals surface area contributed by atoms with E-state index >= 15 is 0 Å². The molecular weight excluding hydrogens is 262 g/mol. The largest absolute Gasteiger partial charge is 0.481 e. The number of urea groups is 1. The zero-order valence-electron chi connectivity index (χ0n) is 12.0. The smallest absolute Gasteiger partial charge is 0.320 e. The zero-order chi connectivity index (χ0) is 14.5. The Kier molecular flexibility index (Phi) is 5.19. The number of amides is 2. The third-order valence-electron chi connectivity index (χ3n) is 3.80. The lowest BCUT2D eigenvalue weighted by Crippen LogP contribution is -2.55. The third kappa shape index (κ3) is 4.08. The van der Waals surface area contributed by atoms with Gasteiger partial charge in [0.1, 0.15) is 0 Å². The first-order chi connectivity index (χ1) is 9.56. The highest BCUT2D eigenvalue weighted by atomic mass is 16.5. The van der Waals surface area contributed by atoms with Gasteiger partial charge in [0.25, 0.3) is 0 Å². The molecule has 2 saturated heterocycles. The molecule has 0 aromatic heterocycles. The Morgan fingerprint density at radius 3 is 2.45 bits per heavy atom. The third-order valence-corrected chi connectivity index (χ3v) is 3.80. The number of carboxylic acid groups (broad SMARTS) is 1. The molecule has 0 radical (unpaired) electrons. The van der Waals surface area contributed by atoms with Gasteiger partial charge in [-0.15, -0.1) is 0 Å². The first-order valence-corrected chi connectivity index (χ1v) is 7.16. The van der Waals surface area contributed by atoms with E-state index in [1.165, 1.54) is 0 Å². The summed E-state index contributed by atoms with van der Waals surface area (Å²) in [6, 6.07) is 0.0815. The first kappa shape index (κ1) is 15.1. The second-order valence-corrected chi connectivity index (χ2v) is 5.38. The Balaban J connectivity index is 1.75. The van der Waals surface area contributed by atoms with Gasteiger partial charge in [-0.1, -0.05) is 0 Å². The van der Waals surface area contributed by atoms with Crippen LogP contribution in [0.5, 0.6) is 0 Å². The number of ether oxygens (including phenoxy) is 1. The van der Waals surface area contributed by atoms with Crippen LogP contribution in [0.25, 0.3) is 0 Å². The molecule has 7 heteroatoms. The van der Waals surface area contributed by atoms with Crippen molar-refractivity contribution in [1.29, 1.82) is 0 Å². The molecule has 1 N–H and O–H groups in total. The van der Waals surface area contributed by atoms with Crippen molar-refractivity contribution in [2.24, 2.45) is 0 Å². The lowest BCUT2D eigenvalue weighted by atomic mass is 10.2. The second kappa shape index (κ2) is 6.90. The number of carbonyl (C=O) groups excluding carboxylic acids is 1. The van der Waals surface area contributed by atoms with E-state index in [1.54, 1.807) is 0 Å². The van der Waals surface area contributed by atoms with E-state index in [2.05, 4.69) is 4.90 Å². The van der Waals surface area contributed by atoms with Crippen molar-refractivity contribution in [3.63, 3.8) is 0 Å². The first-order valence-electron chi connectivity index (χ1n) is 7.16. The molecule has 0 saturated carbocycles. The van der Waals surface area contributed by atoms with Gasteiger partial charge in [0.05, 0.1) is 19.1 Å². The molecule has 0 aromatic carbocycles. The second-order valence-electron chi connectivity index (χ2n) is 5.38. The summed E-state index contributed by atoms with van der Waals surface area (Å²) < 4.78 is 5.44. The van der Waals surface area contributed by atoms with Gasteiger partial charge in [0.15, 0.2) is 0 Å². The van der Waals surface area contributed by atoms with E-state index in [-0.39, 0.29) is 18.6 Å². The van der Waals surface area contributed by atoms with Gasteiger partial charge in [-0.3, -0.25) is 9.69 Å². The van der Waals surface area contributed by atoms with Crippen molar-refractivity contribution in [2.75, 3.05) is 52.4 Å². The highest BCUT2D eigenvalue weighted by molar-refractivity contribution is 5.74. The number of carboxylic acids is 1. The highest BCUT2D eigenvalue weighted by Gasteiger charge is 2.28. The van der Waals surface area contributed by atoms with Crippen LogP contribution in [0.15, 0.2) is 0 Å². The van der Waals surface area contributed by atoms with Crippen LogP contribution in [0.4, 0.5) is 4.79 Å². The molecule has 2 rings (SSSR count). The van der Waals surface area contributed by atoms with Crippen LogP contribution < -0.4 is 0 Å².